The number of ether oxygens (including phenoxy) is 7. The number of fused-ring (bicyclic) bond motifs is 1. The van der Waals surface area contributed by atoms with Gasteiger partial charge in [-0.25, -0.2) is 4.79 Å². The topological polar surface area (TPSA) is 304 Å². The van der Waals surface area contributed by atoms with Crippen LogP contribution in [0.2, 0.25) is 0 Å². The molecule has 3 aliphatic heterocycles. The molecule has 3 aliphatic carbocycles. The van der Waals surface area contributed by atoms with Crippen LogP contribution in [-0.4, -0.2) is 199 Å². The Morgan fingerprint density at radius 1 is 0.643 bits per heavy atom. The van der Waals surface area contributed by atoms with Crippen LogP contribution in [0.4, 0.5) is 0 Å². The quantitative estimate of drug-likeness (QED) is 0.0702. The van der Waals surface area contributed by atoms with Crippen molar-refractivity contribution >= 4 is 5.97 Å². The number of aliphatic hydroxyl groups excluding tert-OH is 11. The zero-order valence-corrected chi connectivity index (χ0v) is 31.3. The van der Waals surface area contributed by atoms with E-state index >= 15 is 0 Å². The molecule has 56 heavy (non-hydrogen) atoms. The van der Waals surface area contributed by atoms with Gasteiger partial charge in [-0.15, -0.1) is 0 Å². The van der Waals surface area contributed by atoms with E-state index in [-0.39, 0.29) is 37.5 Å². The Morgan fingerprint density at radius 3 is 1.95 bits per heavy atom. The van der Waals surface area contributed by atoms with Crippen molar-refractivity contribution in [2.24, 2.45) is 17.8 Å². The molecule has 22 atom stereocenters. The molecule has 322 valence electrons. The molecule has 6 fully saturated rings. The van der Waals surface area contributed by atoms with Gasteiger partial charge < -0.3 is 89.3 Å². The molecule has 3 saturated carbocycles. The molecule has 0 aromatic heterocycles. The van der Waals surface area contributed by atoms with Gasteiger partial charge in [0.1, 0.15) is 55.4 Å². The first kappa shape index (κ1) is 44.1. The molecule has 6 aliphatic rings. The Kier molecular flexibility index (Phi) is 15.2. The van der Waals surface area contributed by atoms with Gasteiger partial charge in [-0.3, -0.25) is 0 Å². The maximum absolute atomic E-state index is 12.8. The first-order chi connectivity index (χ1) is 26.7. The molecular formula is C37H60O19. The second kappa shape index (κ2) is 19.3. The lowest BCUT2D eigenvalue weighted by Crippen LogP contribution is -2.62. The Morgan fingerprint density at radius 2 is 1.27 bits per heavy atom. The van der Waals surface area contributed by atoms with Crippen LogP contribution in [-0.2, 0) is 38.0 Å². The molecule has 6 rings (SSSR count). The molecule has 22 unspecified atom stereocenters. The Balaban J connectivity index is 1.05. The molecule has 3 saturated heterocycles. The lowest BCUT2D eigenvalue weighted by molar-refractivity contribution is -0.333. The molecular weight excluding hydrogens is 748 g/mol. The standard InChI is InChI=1S/C37H60O19/c1-50-23-9-16(4-6-19(23)40)35-25(12-18-21(42)10-17(39)11-22(18)52-35)54-37-34(49)32(47)30(45)27(56-37)14-51-28(43)7-3-15-2-5-20(41)24(8-15)53-36-33(48)31(46)29(44)26(13-38)55-36/h3,7,15-27,29-42,44-49H,2,4-6,8-14H2,1H3. The third kappa shape index (κ3) is 9.93. The highest BCUT2D eigenvalue weighted by molar-refractivity contribution is 5.81. The minimum Gasteiger partial charge on any atom is -0.460 e. The van der Waals surface area contributed by atoms with E-state index < -0.39 is 141 Å². The van der Waals surface area contributed by atoms with Crippen LogP contribution in [0.15, 0.2) is 12.2 Å². The van der Waals surface area contributed by atoms with Crippen molar-refractivity contribution in [2.45, 2.75) is 174 Å². The van der Waals surface area contributed by atoms with Crippen molar-refractivity contribution in [3.63, 3.8) is 0 Å². The zero-order valence-electron chi connectivity index (χ0n) is 31.3. The summed E-state index contributed by atoms with van der Waals surface area (Å²) in [5, 5.41) is 115. The highest BCUT2D eigenvalue weighted by atomic mass is 16.7. The average molecular weight is 809 g/mol. The predicted octanol–water partition coefficient (Wildman–Crippen LogP) is -3.91. The van der Waals surface area contributed by atoms with Gasteiger partial charge in [-0.1, -0.05) is 6.08 Å². The lowest BCUT2D eigenvalue weighted by atomic mass is 9.72. The highest BCUT2D eigenvalue weighted by Gasteiger charge is 2.52. The monoisotopic (exact) mass is 808 g/mol. The van der Waals surface area contributed by atoms with Gasteiger partial charge in [0.2, 0.25) is 0 Å². The fourth-order valence-corrected chi connectivity index (χ4v) is 9.22. The Labute approximate surface area is 324 Å². The number of hydrogen-bond donors (Lipinski definition) is 11. The van der Waals surface area contributed by atoms with E-state index in [9.17, 15) is 61.0 Å². The van der Waals surface area contributed by atoms with E-state index in [1.54, 1.807) is 6.08 Å². The largest absolute Gasteiger partial charge is 0.460 e. The number of methoxy groups -OCH3 is 1. The number of carbonyl (C=O) groups is 1. The summed E-state index contributed by atoms with van der Waals surface area (Å²) < 4.78 is 40.8. The van der Waals surface area contributed by atoms with E-state index in [1.165, 1.54) is 7.11 Å². The third-order valence-electron chi connectivity index (χ3n) is 12.6. The molecule has 19 nitrogen and oxygen atoms in total. The van der Waals surface area contributed by atoms with Crippen molar-refractivity contribution in [3.8, 4) is 0 Å². The number of aliphatic hydroxyl groups is 11. The molecule has 0 aromatic carbocycles. The number of allylic oxidation sites excluding steroid dienone is 1. The molecule has 19 heteroatoms. The normalized spacial score (nSPS) is 50.4. The molecule has 11 N–H and O–H groups in total. The molecule has 0 aromatic rings. The smallest absolute Gasteiger partial charge is 0.330 e. The van der Waals surface area contributed by atoms with Crippen LogP contribution < -0.4 is 0 Å². The van der Waals surface area contributed by atoms with Crippen molar-refractivity contribution < 1.29 is 94.1 Å². The van der Waals surface area contributed by atoms with E-state index in [4.69, 9.17) is 33.2 Å². The Hall–Kier alpha value is -1.47. The third-order valence-corrected chi connectivity index (χ3v) is 12.6. The first-order valence-electron chi connectivity index (χ1n) is 19.8. The molecule has 3 heterocycles. The SMILES string of the molecule is COC1CC(C2OC3CC(O)CC(O)C3CC2OC2OC(COC(=O)C=CC3CCC(O)C(OC4OC(CO)C(O)C(O)C4O)C3)C(O)C(O)C2O)CCC1O. The van der Waals surface area contributed by atoms with Gasteiger partial charge in [0, 0.05) is 19.1 Å². The molecule has 0 amide bonds. The van der Waals surface area contributed by atoms with Gasteiger partial charge in [0.25, 0.3) is 0 Å². The first-order valence-corrected chi connectivity index (χ1v) is 19.8. The molecule has 0 spiro atoms. The number of esters is 1. The number of rotatable bonds is 11. The number of hydrogen-bond acceptors (Lipinski definition) is 19. The summed E-state index contributed by atoms with van der Waals surface area (Å²) in [5.74, 6) is -1.67. The van der Waals surface area contributed by atoms with Crippen LogP contribution >= 0.6 is 0 Å². The minimum atomic E-state index is -1.74. The van der Waals surface area contributed by atoms with Gasteiger partial charge in [0.05, 0.1) is 61.5 Å². The number of carbonyl (C=O) groups excluding carboxylic acids is 1. The van der Waals surface area contributed by atoms with Crippen LogP contribution in [0.3, 0.4) is 0 Å². The fourth-order valence-electron chi connectivity index (χ4n) is 9.22. The minimum absolute atomic E-state index is 0.160. The summed E-state index contributed by atoms with van der Waals surface area (Å²) in [4.78, 5) is 12.8. The van der Waals surface area contributed by atoms with Crippen molar-refractivity contribution in [2.75, 3.05) is 20.3 Å². The summed E-state index contributed by atoms with van der Waals surface area (Å²) in [6.07, 6.45) is -15.9. The fraction of sp³-hybridized carbons (Fsp3) is 0.919. The van der Waals surface area contributed by atoms with E-state index in [0.29, 0.717) is 32.1 Å². The van der Waals surface area contributed by atoms with Crippen molar-refractivity contribution in [3.05, 3.63) is 12.2 Å². The van der Waals surface area contributed by atoms with E-state index in [0.717, 1.165) is 6.08 Å². The summed E-state index contributed by atoms with van der Waals surface area (Å²) in [6, 6.07) is 0. The van der Waals surface area contributed by atoms with Crippen LogP contribution in [0.25, 0.3) is 0 Å². The summed E-state index contributed by atoms with van der Waals surface area (Å²) in [7, 11) is 1.51. The van der Waals surface area contributed by atoms with Crippen LogP contribution in [0, 0.1) is 17.8 Å². The predicted molar refractivity (Wildman–Crippen MR) is 186 cm³/mol. The van der Waals surface area contributed by atoms with Crippen molar-refractivity contribution in [1.82, 2.24) is 0 Å². The maximum Gasteiger partial charge on any atom is 0.330 e. The lowest BCUT2D eigenvalue weighted by Gasteiger charge is -2.51. The van der Waals surface area contributed by atoms with Gasteiger partial charge >= 0.3 is 5.97 Å². The van der Waals surface area contributed by atoms with Gasteiger partial charge in [0.15, 0.2) is 12.6 Å². The Bertz CT molecular complexity index is 1290. The van der Waals surface area contributed by atoms with Crippen LogP contribution in [0.5, 0.6) is 0 Å². The molecule has 0 radical (unpaired) electrons. The second-order valence-electron chi connectivity index (χ2n) is 16.3. The summed E-state index contributed by atoms with van der Waals surface area (Å²) in [5.41, 5.74) is 0. The zero-order chi connectivity index (χ0) is 40.4. The van der Waals surface area contributed by atoms with Gasteiger partial charge in [-0.2, -0.15) is 0 Å². The van der Waals surface area contributed by atoms with Crippen molar-refractivity contribution in [1.29, 1.82) is 0 Å². The second-order valence-corrected chi connectivity index (χ2v) is 16.3. The van der Waals surface area contributed by atoms with Crippen LogP contribution in [0.1, 0.15) is 57.8 Å². The summed E-state index contributed by atoms with van der Waals surface area (Å²) >= 11 is 0. The van der Waals surface area contributed by atoms with E-state index in [2.05, 4.69) is 0 Å². The van der Waals surface area contributed by atoms with E-state index in [1.807, 2.05) is 0 Å². The summed E-state index contributed by atoms with van der Waals surface area (Å²) in [6.45, 7) is -1.17. The molecule has 0 bridgehead atoms. The van der Waals surface area contributed by atoms with Gasteiger partial charge in [-0.05, 0) is 69.6 Å². The maximum atomic E-state index is 12.8. The highest BCUT2D eigenvalue weighted by Crippen LogP contribution is 2.44. The average Bonchev–Trinajstić information content (AvgIpc) is 3.18.